The van der Waals surface area contributed by atoms with Gasteiger partial charge in [-0.3, -0.25) is 0 Å². The Morgan fingerprint density at radius 3 is 2.74 bits per heavy atom. The zero-order valence-electron chi connectivity index (χ0n) is 11.3. The number of anilines is 1. The highest BCUT2D eigenvalue weighted by Gasteiger charge is 2.23. The fraction of sp³-hybridized carbons (Fsp3) is 0.400. The van der Waals surface area contributed by atoms with Crippen molar-refractivity contribution in [2.24, 2.45) is 5.92 Å². The lowest BCUT2D eigenvalue weighted by Gasteiger charge is -2.06. The molecular formula is C15H18BrN3. The van der Waals surface area contributed by atoms with Crippen molar-refractivity contribution in [1.82, 2.24) is 9.78 Å². The number of rotatable bonds is 3. The van der Waals surface area contributed by atoms with Crippen LogP contribution in [0, 0.1) is 5.92 Å². The predicted octanol–water partition coefficient (Wildman–Crippen LogP) is 3.80. The van der Waals surface area contributed by atoms with Crippen LogP contribution in [0.2, 0.25) is 0 Å². The monoisotopic (exact) mass is 319 g/mol. The van der Waals surface area contributed by atoms with E-state index in [9.17, 15) is 0 Å². The van der Waals surface area contributed by atoms with Crippen molar-refractivity contribution in [2.75, 3.05) is 11.9 Å². The minimum atomic E-state index is 0.637. The van der Waals surface area contributed by atoms with E-state index >= 15 is 0 Å². The lowest BCUT2D eigenvalue weighted by atomic mass is 10.0. The van der Waals surface area contributed by atoms with E-state index in [1.54, 1.807) is 0 Å². The topological polar surface area (TPSA) is 29.9 Å². The van der Waals surface area contributed by atoms with Crippen LogP contribution in [0.4, 0.5) is 5.82 Å². The summed E-state index contributed by atoms with van der Waals surface area (Å²) >= 11 is 3.47. The van der Waals surface area contributed by atoms with Gasteiger partial charge in [-0.2, -0.15) is 5.10 Å². The zero-order valence-corrected chi connectivity index (χ0v) is 12.9. The van der Waals surface area contributed by atoms with Crippen LogP contribution in [0.1, 0.15) is 25.1 Å². The van der Waals surface area contributed by atoms with Gasteiger partial charge in [0.25, 0.3) is 0 Å². The minimum Gasteiger partial charge on any atom is -0.369 e. The average Bonchev–Trinajstić information content (AvgIpc) is 2.94. The molecule has 0 spiro atoms. The Morgan fingerprint density at radius 2 is 2.05 bits per heavy atom. The van der Waals surface area contributed by atoms with Gasteiger partial charge in [-0.1, -0.05) is 29.8 Å². The summed E-state index contributed by atoms with van der Waals surface area (Å²) in [5.74, 6) is 1.82. The second kappa shape index (κ2) is 5.00. The third kappa shape index (κ3) is 2.41. The maximum atomic E-state index is 4.81. The molecule has 0 amide bonds. The molecule has 1 aliphatic rings. The Kier molecular flexibility index (Phi) is 3.35. The molecule has 1 N–H and O–H groups in total. The largest absolute Gasteiger partial charge is 0.369 e. The molecule has 0 radical (unpaired) electrons. The Bertz CT molecular complexity index is 584. The van der Waals surface area contributed by atoms with E-state index in [0.717, 1.165) is 29.5 Å². The van der Waals surface area contributed by atoms with Gasteiger partial charge >= 0.3 is 0 Å². The molecule has 100 valence electrons. The standard InChI is InChI=1S/C15H18BrN3/c1-10(2)9-14-13-7-8-17-15(13)19(18-14)12-5-3-11(16)4-6-12/h3-6,10,17H,7-9H2,1-2H3. The average molecular weight is 320 g/mol. The van der Waals surface area contributed by atoms with Gasteiger partial charge in [-0.05, 0) is 43.0 Å². The van der Waals surface area contributed by atoms with Gasteiger partial charge in [0, 0.05) is 16.6 Å². The van der Waals surface area contributed by atoms with Crippen molar-refractivity contribution in [2.45, 2.75) is 26.7 Å². The van der Waals surface area contributed by atoms with Crippen molar-refractivity contribution in [3.63, 3.8) is 0 Å². The van der Waals surface area contributed by atoms with Crippen LogP contribution in [0.25, 0.3) is 5.69 Å². The van der Waals surface area contributed by atoms with Crippen LogP contribution in [-0.2, 0) is 12.8 Å². The molecule has 3 nitrogen and oxygen atoms in total. The second-order valence-electron chi connectivity index (χ2n) is 5.44. The van der Waals surface area contributed by atoms with Crippen LogP contribution in [-0.4, -0.2) is 16.3 Å². The molecule has 19 heavy (non-hydrogen) atoms. The SMILES string of the molecule is CC(C)Cc1nn(-c2ccc(Br)cc2)c2c1CCN2. The van der Waals surface area contributed by atoms with E-state index < -0.39 is 0 Å². The first-order valence-electron chi connectivity index (χ1n) is 6.75. The molecule has 0 unspecified atom stereocenters. The molecule has 3 rings (SSSR count). The number of hydrogen-bond acceptors (Lipinski definition) is 2. The first-order valence-corrected chi connectivity index (χ1v) is 7.55. The normalized spacial score (nSPS) is 13.7. The molecular weight excluding hydrogens is 302 g/mol. The summed E-state index contributed by atoms with van der Waals surface area (Å²) in [6.45, 7) is 5.51. The molecule has 4 heteroatoms. The van der Waals surface area contributed by atoms with Gasteiger partial charge in [0.1, 0.15) is 5.82 Å². The summed E-state index contributed by atoms with van der Waals surface area (Å²) in [5.41, 5.74) is 3.76. The van der Waals surface area contributed by atoms with Gasteiger partial charge in [0.15, 0.2) is 0 Å². The fourth-order valence-electron chi connectivity index (χ4n) is 2.57. The molecule has 0 saturated carbocycles. The molecule has 0 aliphatic carbocycles. The summed E-state index contributed by atoms with van der Waals surface area (Å²) in [6, 6.07) is 8.30. The summed E-state index contributed by atoms with van der Waals surface area (Å²) in [7, 11) is 0. The first-order chi connectivity index (χ1) is 9.15. The smallest absolute Gasteiger partial charge is 0.133 e. The van der Waals surface area contributed by atoms with Gasteiger partial charge < -0.3 is 5.32 Å². The van der Waals surface area contributed by atoms with E-state index in [-0.39, 0.29) is 0 Å². The quantitative estimate of drug-likeness (QED) is 0.932. The number of halogens is 1. The predicted molar refractivity (Wildman–Crippen MR) is 82.0 cm³/mol. The van der Waals surface area contributed by atoms with Gasteiger partial charge in [0.2, 0.25) is 0 Å². The zero-order chi connectivity index (χ0) is 13.4. The lowest BCUT2D eigenvalue weighted by molar-refractivity contribution is 0.624. The van der Waals surface area contributed by atoms with E-state index in [0.29, 0.717) is 5.92 Å². The van der Waals surface area contributed by atoms with Crippen LogP contribution in [0.5, 0.6) is 0 Å². The summed E-state index contributed by atoms with van der Waals surface area (Å²) < 4.78 is 3.14. The van der Waals surface area contributed by atoms with Crippen LogP contribution in [0.15, 0.2) is 28.7 Å². The van der Waals surface area contributed by atoms with E-state index in [2.05, 4.69) is 59.4 Å². The maximum Gasteiger partial charge on any atom is 0.133 e. The van der Waals surface area contributed by atoms with Gasteiger partial charge in [0.05, 0.1) is 11.4 Å². The van der Waals surface area contributed by atoms with Crippen molar-refractivity contribution in [1.29, 1.82) is 0 Å². The minimum absolute atomic E-state index is 0.637. The van der Waals surface area contributed by atoms with E-state index in [4.69, 9.17) is 5.10 Å². The van der Waals surface area contributed by atoms with E-state index in [1.807, 2.05) is 4.68 Å². The van der Waals surface area contributed by atoms with Crippen molar-refractivity contribution >= 4 is 21.7 Å². The molecule has 1 aromatic heterocycles. The van der Waals surface area contributed by atoms with Gasteiger partial charge in [-0.15, -0.1) is 0 Å². The fourth-order valence-corrected chi connectivity index (χ4v) is 2.83. The molecule has 2 heterocycles. The van der Waals surface area contributed by atoms with Crippen molar-refractivity contribution in [3.8, 4) is 5.69 Å². The summed E-state index contributed by atoms with van der Waals surface area (Å²) in [6.07, 6.45) is 2.14. The number of aromatic nitrogens is 2. The Labute approximate surface area is 122 Å². The second-order valence-corrected chi connectivity index (χ2v) is 6.35. The maximum absolute atomic E-state index is 4.81. The Hall–Kier alpha value is -1.29. The third-order valence-corrected chi connectivity index (χ3v) is 3.94. The molecule has 1 aliphatic heterocycles. The Morgan fingerprint density at radius 1 is 1.32 bits per heavy atom. The van der Waals surface area contributed by atoms with Crippen LogP contribution < -0.4 is 5.32 Å². The van der Waals surface area contributed by atoms with E-state index in [1.165, 1.54) is 17.1 Å². The molecule has 0 saturated heterocycles. The highest BCUT2D eigenvalue weighted by atomic mass is 79.9. The number of benzene rings is 1. The van der Waals surface area contributed by atoms with Gasteiger partial charge in [-0.25, -0.2) is 4.68 Å². The highest BCUT2D eigenvalue weighted by Crippen LogP contribution is 2.30. The third-order valence-electron chi connectivity index (χ3n) is 3.41. The lowest BCUT2D eigenvalue weighted by Crippen LogP contribution is -2.05. The molecule has 2 aromatic rings. The number of nitrogens with one attached hydrogen (secondary N) is 1. The summed E-state index contributed by atoms with van der Waals surface area (Å²) in [4.78, 5) is 0. The summed E-state index contributed by atoms with van der Waals surface area (Å²) in [5, 5.41) is 8.27. The molecule has 1 aromatic carbocycles. The molecule has 0 fully saturated rings. The number of fused-ring (bicyclic) bond motifs is 1. The molecule has 0 bridgehead atoms. The van der Waals surface area contributed by atoms with Crippen molar-refractivity contribution in [3.05, 3.63) is 40.0 Å². The number of hydrogen-bond donors (Lipinski definition) is 1. The highest BCUT2D eigenvalue weighted by molar-refractivity contribution is 9.10. The van der Waals surface area contributed by atoms with Crippen LogP contribution >= 0.6 is 15.9 Å². The van der Waals surface area contributed by atoms with Crippen LogP contribution in [0.3, 0.4) is 0 Å². The Balaban J connectivity index is 2.04. The first kappa shape index (κ1) is 12.7. The van der Waals surface area contributed by atoms with Crippen molar-refractivity contribution < 1.29 is 0 Å². The number of nitrogens with zero attached hydrogens (tertiary/aromatic N) is 2. The molecule has 0 atom stereocenters.